The molecule has 0 spiro atoms. The van der Waals surface area contributed by atoms with E-state index in [0.29, 0.717) is 17.9 Å². The van der Waals surface area contributed by atoms with E-state index in [1.54, 1.807) is 6.07 Å². The highest BCUT2D eigenvalue weighted by molar-refractivity contribution is 7.89. The van der Waals surface area contributed by atoms with E-state index in [1.165, 1.54) is 16.4 Å². The van der Waals surface area contributed by atoms with Gasteiger partial charge in [0.15, 0.2) is 11.5 Å². The second-order valence-electron chi connectivity index (χ2n) is 10.9. The maximum absolute atomic E-state index is 13.7. The Labute approximate surface area is 220 Å². The average Bonchev–Trinajstić information content (AvgIpc) is 3.30. The molecular weight excluding hydrogens is 494 g/mol. The Bertz CT molecular complexity index is 1160. The minimum Gasteiger partial charge on any atom is -0.454 e. The molecule has 3 rings (SSSR count). The van der Waals surface area contributed by atoms with Gasteiger partial charge < -0.3 is 25.6 Å². The molecule has 0 saturated carbocycles. The number of aliphatic hydroxyl groups is 1. The van der Waals surface area contributed by atoms with Crippen LogP contribution in [0.1, 0.15) is 40.2 Å². The highest BCUT2D eigenvalue weighted by atomic mass is 32.2. The number of hydrogen-bond acceptors (Lipinski definition) is 7. The van der Waals surface area contributed by atoms with Crippen LogP contribution in [0.3, 0.4) is 0 Å². The first-order valence-electron chi connectivity index (χ1n) is 12.5. The van der Waals surface area contributed by atoms with Crippen molar-refractivity contribution in [3.8, 4) is 11.5 Å². The number of nitrogens with one attached hydrogen (secondary N) is 1. The number of benzene rings is 2. The number of fused-ring (bicyclic) bond motifs is 1. The van der Waals surface area contributed by atoms with Gasteiger partial charge in [0, 0.05) is 19.2 Å². The topological polar surface area (TPSA) is 131 Å². The van der Waals surface area contributed by atoms with E-state index in [9.17, 15) is 18.3 Å². The second-order valence-corrected chi connectivity index (χ2v) is 12.9. The van der Waals surface area contributed by atoms with Gasteiger partial charge >= 0.3 is 0 Å². The van der Waals surface area contributed by atoms with Crippen molar-refractivity contribution in [1.29, 1.82) is 0 Å². The maximum Gasteiger partial charge on any atom is 0.243 e. The first-order chi connectivity index (χ1) is 17.3. The van der Waals surface area contributed by atoms with Crippen LogP contribution in [0.25, 0.3) is 0 Å². The number of nitrogens with two attached hydrogens (primary N) is 1. The van der Waals surface area contributed by atoms with Crippen LogP contribution < -0.4 is 20.5 Å². The number of carbonyl (C=O) groups excluding carboxylic acids is 1. The molecule has 1 heterocycles. The number of sulfonamides is 1. The van der Waals surface area contributed by atoms with Gasteiger partial charge in [-0.3, -0.25) is 4.79 Å². The quantitative estimate of drug-likeness (QED) is 0.404. The molecule has 2 aromatic rings. The fourth-order valence-electron chi connectivity index (χ4n) is 4.02. The summed E-state index contributed by atoms with van der Waals surface area (Å²) >= 11 is 0. The monoisotopic (exact) mass is 533 g/mol. The van der Waals surface area contributed by atoms with E-state index in [-0.39, 0.29) is 30.7 Å². The summed E-state index contributed by atoms with van der Waals surface area (Å²) in [6.07, 6.45) is -0.886. The van der Waals surface area contributed by atoms with Crippen LogP contribution in [-0.4, -0.2) is 61.8 Å². The Hall–Kier alpha value is -2.66. The van der Waals surface area contributed by atoms with Gasteiger partial charge in [-0.1, -0.05) is 65.0 Å². The molecule has 3 atom stereocenters. The van der Waals surface area contributed by atoms with Gasteiger partial charge in [0.25, 0.3) is 0 Å². The third-order valence-corrected chi connectivity index (χ3v) is 8.07. The number of nitrogens with zero attached hydrogens (tertiary/aromatic N) is 1. The number of aliphatic hydroxyl groups excluding tert-OH is 1. The third kappa shape index (κ3) is 7.44. The molecule has 1 aliphatic rings. The van der Waals surface area contributed by atoms with Crippen molar-refractivity contribution in [3.63, 3.8) is 0 Å². The molecular formula is C27H39N3O6S. The van der Waals surface area contributed by atoms with E-state index in [0.717, 1.165) is 5.56 Å². The normalized spacial score (nSPS) is 16.0. The highest BCUT2D eigenvalue weighted by Crippen LogP contribution is 2.35. The molecule has 4 N–H and O–H groups in total. The lowest BCUT2D eigenvalue weighted by atomic mass is 9.86. The summed E-state index contributed by atoms with van der Waals surface area (Å²) in [5.74, 6) is 0.431. The largest absolute Gasteiger partial charge is 0.454 e. The fraction of sp³-hybridized carbons (Fsp3) is 0.519. The van der Waals surface area contributed by atoms with Gasteiger partial charge in [0.1, 0.15) is 0 Å². The van der Waals surface area contributed by atoms with Gasteiger partial charge in [-0.2, -0.15) is 4.31 Å². The number of amides is 1. The van der Waals surface area contributed by atoms with Gasteiger partial charge in [-0.15, -0.1) is 0 Å². The summed E-state index contributed by atoms with van der Waals surface area (Å²) < 4.78 is 39.2. The van der Waals surface area contributed by atoms with Crippen LogP contribution in [0.5, 0.6) is 11.5 Å². The molecule has 0 radical (unpaired) electrons. The van der Waals surface area contributed by atoms with E-state index >= 15 is 0 Å². The van der Waals surface area contributed by atoms with Crippen molar-refractivity contribution < 1.29 is 27.8 Å². The fourth-order valence-corrected chi connectivity index (χ4v) is 5.65. The highest BCUT2D eigenvalue weighted by Gasteiger charge is 2.34. The molecule has 1 aliphatic heterocycles. The Balaban J connectivity index is 1.88. The summed E-state index contributed by atoms with van der Waals surface area (Å²) in [5.41, 5.74) is 6.58. The zero-order chi connectivity index (χ0) is 27.4. The Morgan fingerprint density at radius 1 is 1.08 bits per heavy atom. The minimum atomic E-state index is -3.99. The first-order valence-corrected chi connectivity index (χ1v) is 13.9. The molecule has 0 bridgehead atoms. The van der Waals surface area contributed by atoms with Crippen LogP contribution >= 0.6 is 0 Å². The Kier molecular flexibility index (Phi) is 9.22. The van der Waals surface area contributed by atoms with Crippen LogP contribution in [0, 0.1) is 11.3 Å². The van der Waals surface area contributed by atoms with E-state index in [4.69, 9.17) is 15.2 Å². The van der Waals surface area contributed by atoms with Crippen LogP contribution in [0.4, 0.5) is 0 Å². The summed E-state index contributed by atoms with van der Waals surface area (Å²) in [6, 6.07) is 12.3. The summed E-state index contributed by atoms with van der Waals surface area (Å²) in [7, 11) is -3.99. The van der Waals surface area contributed by atoms with Crippen molar-refractivity contribution in [2.24, 2.45) is 17.1 Å². The van der Waals surface area contributed by atoms with Crippen LogP contribution in [0.15, 0.2) is 53.4 Å². The van der Waals surface area contributed by atoms with Crippen LogP contribution in [-0.2, 0) is 21.2 Å². The molecule has 1 amide bonds. The first kappa shape index (κ1) is 28.9. The molecule has 204 valence electrons. The molecule has 0 unspecified atom stereocenters. The van der Waals surface area contributed by atoms with Crippen molar-refractivity contribution in [1.82, 2.24) is 9.62 Å². The molecule has 37 heavy (non-hydrogen) atoms. The summed E-state index contributed by atoms with van der Waals surface area (Å²) in [4.78, 5) is 13.0. The number of rotatable bonds is 11. The van der Waals surface area contributed by atoms with Gasteiger partial charge in [0.2, 0.25) is 22.7 Å². The smallest absolute Gasteiger partial charge is 0.243 e. The second kappa shape index (κ2) is 11.8. The number of carbonyl (C=O) groups is 1. The summed E-state index contributed by atoms with van der Waals surface area (Å²) in [5, 5.41) is 14.2. The molecule has 9 nitrogen and oxygen atoms in total. The average molecular weight is 534 g/mol. The number of ether oxygens (including phenoxy) is 2. The van der Waals surface area contributed by atoms with E-state index in [2.05, 4.69) is 5.32 Å². The lowest BCUT2D eigenvalue weighted by molar-refractivity contribution is -0.126. The lowest BCUT2D eigenvalue weighted by Crippen LogP contribution is -2.56. The van der Waals surface area contributed by atoms with Crippen LogP contribution in [0.2, 0.25) is 0 Å². The predicted octanol–water partition coefficient (Wildman–Crippen LogP) is 2.52. The van der Waals surface area contributed by atoms with Crippen molar-refractivity contribution in [2.75, 3.05) is 19.9 Å². The van der Waals surface area contributed by atoms with Gasteiger partial charge in [0.05, 0.1) is 23.1 Å². The SMILES string of the molecule is CC(C)CN(C[C@@H](O)[C@H](Cc1ccccc1)NC(=O)[C@@H](N)C(C)(C)C)S(=O)(=O)c1ccc2c(c1)OCO2. The molecule has 0 aromatic heterocycles. The van der Waals surface area contributed by atoms with Gasteiger partial charge in [-0.25, -0.2) is 8.42 Å². The zero-order valence-corrected chi connectivity index (χ0v) is 23.0. The zero-order valence-electron chi connectivity index (χ0n) is 22.2. The van der Waals surface area contributed by atoms with Crippen molar-refractivity contribution in [3.05, 3.63) is 54.1 Å². The van der Waals surface area contributed by atoms with Crippen molar-refractivity contribution >= 4 is 15.9 Å². The molecule has 0 fully saturated rings. The van der Waals surface area contributed by atoms with Gasteiger partial charge in [-0.05, 0) is 35.4 Å². The minimum absolute atomic E-state index is 0.00698. The predicted molar refractivity (Wildman–Crippen MR) is 142 cm³/mol. The molecule has 2 aromatic carbocycles. The molecule has 0 saturated heterocycles. The van der Waals surface area contributed by atoms with E-state index < -0.39 is 39.5 Å². The standard InChI is InChI=1S/C27H39N3O6S/c1-18(2)15-30(37(33,34)20-11-12-23-24(14-20)36-17-35-23)16-22(31)21(13-19-9-7-6-8-10-19)29-26(32)25(28)27(3,4)5/h6-12,14,18,21-22,25,31H,13,15-17,28H2,1-5H3,(H,29,32)/t21-,22+,25+/m0/s1. The Morgan fingerprint density at radius 3 is 2.35 bits per heavy atom. The molecule has 0 aliphatic carbocycles. The Morgan fingerprint density at radius 2 is 1.73 bits per heavy atom. The number of hydrogen-bond donors (Lipinski definition) is 3. The summed E-state index contributed by atoms with van der Waals surface area (Å²) in [6.45, 7) is 9.40. The lowest BCUT2D eigenvalue weighted by Gasteiger charge is -2.33. The molecule has 10 heteroatoms. The van der Waals surface area contributed by atoms with Crippen molar-refractivity contribution in [2.45, 2.75) is 64.1 Å². The third-order valence-electron chi connectivity index (χ3n) is 6.25. The van der Waals surface area contributed by atoms with E-state index in [1.807, 2.05) is 65.0 Å². The maximum atomic E-state index is 13.7.